The fourth-order valence-corrected chi connectivity index (χ4v) is 3.68. The molecule has 2 atom stereocenters. The van der Waals surface area contributed by atoms with Gasteiger partial charge in [0.05, 0.1) is 0 Å². The van der Waals surface area contributed by atoms with Crippen LogP contribution in [0.1, 0.15) is 56.8 Å². The number of rotatable bonds is 7. The molecular formula is C22H34N6O. The first-order chi connectivity index (χ1) is 14.0. The van der Waals surface area contributed by atoms with Gasteiger partial charge >= 0.3 is 0 Å². The molecular weight excluding hydrogens is 364 g/mol. The van der Waals surface area contributed by atoms with Crippen LogP contribution in [0.15, 0.2) is 39.8 Å². The Hall–Kier alpha value is -2.41. The standard InChI is InChI=1S/C22H34N6O/c1-16(2)21-26-20(29-27-21)10-12-24-22(23-4)25-19-11-13-28(17(3)14-19)15-18-8-6-5-7-9-18/h5-9,16-17,19H,10-15H2,1-4H3,(H2,23,24,25). The Morgan fingerprint density at radius 1 is 1.31 bits per heavy atom. The summed E-state index contributed by atoms with van der Waals surface area (Å²) in [6.07, 6.45) is 2.90. The van der Waals surface area contributed by atoms with Gasteiger partial charge in [0.25, 0.3) is 0 Å². The van der Waals surface area contributed by atoms with Gasteiger partial charge < -0.3 is 15.2 Å². The van der Waals surface area contributed by atoms with Gasteiger partial charge in [-0.05, 0) is 25.3 Å². The molecule has 158 valence electrons. The van der Waals surface area contributed by atoms with Gasteiger partial charge in [0, 0.05) is 51.1 Å². The van der Waals surface area contributed by atoms with E-state index in [1.165, 1.54) is 5.56 Å². The normalized spacial score (nSPS) is 20.8. The number of benzene rings is 1. The number of nitrogens with zero attached hydrogens (tertiary/aromatic N) is 4. The van der Waals surface area contributed by atoms with Crippen molar-refractivity contribution >= 4 is 5.96 Å². The lowest BCUT2D eigenvalue weighted by atomic mass is 9.97. The van der Waals surface area contributed by atoms with E-state index in [2.05, 4.69) is 81.8 Å². The second-order valence-electron chi connectivity index (χ2n) is 8.12. The van der Waals surface area contributed by atoms with Crippen molar-refractivity contribution in [3.8, 4) is 0 Å². The summed E-state index contributed by atoms with van der Waals surface area (Å²) in [6, 6.07) is 11.7. The molecule has 1 aromatic heterocycles. The van der Waals surface area contributed by atoms with Crippen LogP contribution in [0.25, 0.3) is 0 Å². The second-order valence-corrected chi connectivity index (χ2v) is 8.12. The van der Waals surface area contributed by atoms with Crippen LogP contribution in [-0.4, -0.2) is 53.2 Å². The summed E-state index contributed by atoms with van der Waals surface area (Å²) >= 11 is 0. The van der Waals surface area contributed by atoms with E-state index in [-0.39, 0.29) is 5.92 Å². The summed E-state index contributed by atoms with van der Waals surface area (Å²) in [4.78, 5) is 11.4. The molecule has 1 aromatic carbocycles. The van der Waals surface area contributed by atoms with Gasteiger partial charge in [-0.15, -0.1) is 0 Å². The van der Waals surface area contributed by atoms with E-state index in [1.54, 1.807) is 0 Å². The Balaban J connectivity index is 1.41. The fraction of sp³-hybridized carbons (Fsp3) is 0.591. The maximum absolute atomic E-state index is 5.30. The van der Waals surface area contributed by atoms with Crippen LogP contribution in [-0.2, 0) is 13.0 Å². The van der Waals surface area contributed by atoms with Crippen LogP contribution >= 0.6 is 0 Å². The number of hydrogen-bond donors (Lipinski definition) is 2. The molecule has 0 spiro atoms. The van der Waals surface area contributed by atoms with Gasteiger partial charge in [-0.3, -0.25) is 9.89 Å². The third kappa shape index (κ3) is 6.29. The highest BCUT2D eigenvalue weighted by Gasteiger charge is 2.26. The number of aromatic nitrogens is 2. The first kappa shape index (κ1) is 21.3. The van der Waals surface area contributed by atoms with Crippen LogP contribution in [0.4, 0.5) is 0 Å². The Bertz CT molecular complexity index is 773. The van der Waals surface area contributed by atoms with Crippen molar-refractivity contribution in [2.24, 2.45) is 4.99 Å². The number of likely N-dealkylation sites (tertiary alicyclic amines) is 1. The molecule has 0 bridgehead atoms. The third-order valence-corrected chi connectivity index (χ3v) is 5.44. The minimum atomic E-state index is 0.282. The average Bonchev–Trinajstić information content (AvgIpc) is 3.19. The molecule has 1 aliphatic heterocycles. The van der Waals surface area contributed by atoms with Crippen LogP contribution in [0.2, 0.25) is 0 Å². The summed E-state index contributed by atoms with van der Waals surface area (Å²) < 4.78 is 5.30. The van der Waals surface area contributed by atoms with Gasteiger partial charge in [0.15, 0.2) is 11.8 Å². The molecule has 2 N–H and O–H groups in total. The largest absolute Gasteiger partial charge is 0.356 e. The first-order valence-electron chi connectivity index (χ1n) is 10.6. The molecule has 7 nitrogen and oxygen atoms in total. The van der Waals surface area contributed by atoms with Crippen molar-refractivity contribution in [2.75, 3.05) is 20.1 Å². The number of aliphatic imine (C=N–C) groups is 1. The number of nitrogens with one attached hydrogen (secondary N) is 2. The van der Waals surface area contributed by atoms with Crippen LogP contribution in [0.3, 0.4) is 0 Å². The third-order valence-electron chi connectivity index (χ3n) is 5.44. The van der Waals surface area contributed by atoms with Gasteiger partial charge in [0.1, 0.15) is 0 Å². The van der Waals surface area contributed by atoms with Crippen molar-refractivity contribution in [3.63, 3.8) is 0 Å². The van der Waals surface area contributed by atoms with E-state index in [1.807, 2.05) is 7.05 Å². The van der Waals surface area contributed by atoms with Crippen LogP contribution < -0.4 is 10.6 Å². The molecule has 0 radical (unpaired) electrons. The second kappa shape index (κ2) is 10.4. The van der Waals surface area contributed by atoms with E-state index in [0.717, 1.165) is 37.7 Å². The van der Waals surface area contributed by atoms with Gasteiger partial charge in [-0.25, -0.2) is 0 Å². The van der Waals surface area contributed by atoms with Crippen molar-refractivity contribution < 1.29 is 4.52 Å². The topological polar surface area (TPSA) is 78.6 Å². The molecule has 2 unspecified atom stereocenters. The molecule has 1 saturated heterocycles. The summed E-state index contributed by atoms with van der Waals surface area (Å²) in [5, 5.41) is 11.0. The molecule has 0 aliphatic carbocycles. The quantitative estimate of drug-likeness (QED) is 0.551. The van der Waals surface area contributed by atoms with Gasteiger partial charge in [0.2, 0.25) is 5.89 Å². The molecule has 1 aliphatic rings. The zero-order valence-corrected chi connectivity index (χ0v) is 18.1. The molecule has 29 heavy (non-hydrogen) atoms. The maximum Gasteiger partial charge on any atom is 0.228 e. The zero-order chi connectivity index (χ0) is 20.6. The predicted octanol–water partition coefficient (Wildman–Crippen LogP) is 2.95. The molecule has 0 amide bonds. The predicted molar refractivity (Wildman–Crippen MR) is 116 cm³/mol. The molecule has 2 aromatic rings. The van der Waals surface area contributed by atoms with E-state index in [4.69, 9.17) is 4.52 Å². The first-order valence-corrected chi connectivity index (χ1v) is 10.6. The molecule has 3 rings (SSSR count). The minimum Gasteiger partial charge on any atom is -0.356 e. The van der Waals surface area contributed by atoms with Crippen LogP contribution in [0.5, 0.6) is 0 Å². The van der Waals surface area contributed by atoms with Gasteiger partial charge in [-0.1, -0.05) is 49.3 Å². The van der Waals surface area contributed by atoms with Crippen molar-refractivity contribution in [1.82, 2.24) is 25.7 Å². The summed E-state index contributed by atoms with van der Waals surface area (Å²) in [7, 11) is 1.81. The van der Waals surface area contributed by atoms with E-state index in [0.29, 0.717) is 30.9 Å². The van der Waals surface area contributed by atoms with Gasteiger partial charge in [-0.2, -0.15) is 4.98 Å². The SMILES string of the molecule is CN=C(NCCc1nc(C(C)C)no1)NC1CCN(Cc2ccccc2)C(C)C1. The Morgan fingerprint density at radius 3 is 2.76 bits per heavy atom. The molecule has 2 heterocycles. The highest BCUT2D eigenvalue weighted by atomic mass is 16.5. The minimum absolute atomic E-state index is 0.282. The van der Waals surface area contributed by atoms with Crippen molar-refractivity contribution in [2.45, 2.75) is 64.6 Å². The highest BCUT2D eigenvalue weighted by molar-refractivity contribution is 5.79. The highest BCUT2D eigenvalue weighted by Crippen LogP contribution is 2.20. The molecule has 1 fully saturated rings. The fourth-order valence-electron chi connectivity index (χ4n) is 3.68. The molecule has 0 saturated carbocycles. The summed E-state index contributed by atoms with van der Waals surface area (Å²) in [5.41, 5.74) is 1.38. The number of guanidine groups is 1. The maximum atomic E-state index is 5.30. The lowest BCUT2D eigenvalue weighted by Gasteiger charge is -2.38. The lowest BCUT2D eigenvalue weighted by Crippen LogP contribution is -2.51. The number of piperidine rings is 1. The summed E-state index contributed by atoms with van der Waals surface area (Å²) in [5.74, 6) is 2.55. The lowest BCUT2D eigenvalue weighted by molar-refractivity contribution is 0.134. The van der Waals surface area contributed by atoms with Crippen molar-refractivity contribution in [1.29, 1.82) is 0 Å². The monoisotopic (exact) mass is 398 g/mol. The van der Waals surface area contributed by atoms with E-state index in [9.17, 15) is 0 Å². The zero-order valence-electron chi connectivity index (χ0n) is 18.1. The Kier molecular flexibility index (Phi) is 7.63. The molecule has 7 heteroatoms. The number of hydrogen-bond acceptors (Lipinski definition) is 5. The smallest absolute Gasteiger partial charge is 0.228 e. The Labute approximate surface area is 174 Å². The summed E-state index contributed by atoms with van der Waals surface area (Å²) in [6.45, 7) is 9.25. The van der Waals surface area contributed by atoms with Crippen molar-refractivity contribution in [3.05, 3.63) is 47.6 Å². The Morgan fingerprint density at radius 2 is 2.10 bits per heavy atom. The van der Waals surface area contributed by atoms with E-state index < -0.39 is 0 Å². The van der Waals surface area contributed by atoms with Crippen LogP contribution in [0, 0.1) is 0 Å². The average molecular weight is 399 g/mol. The van der Waals surface area contributed by atoms with E-state index >= 15 is 0 Å².